The van der Waals surface area contributed by atoms with Gasteiger partial charge in [-0.2, -0.15) is 0 Å². The number of amides is 2. The molecule has 0 radical (unpaired) electrons. The Labute approximate surface area is 239 Å². The number of rotatable bonds is 13. The number of hydrogen-bond acceptors (Lipinski definition) is 4. The van der Waals surface area contributed by atoms with Crippen molar-refractivity contribution >= 4 is 27.5 Å². The zero-order valence-corrected chi connectivity index (χ0v) is 25.0. The van der Waals surface area contributed by atoms with Crippen LogP contribution < -0.4 is 9.62 Å². The molecule has 0 aliphatic rings. The number of benzene rings is 3. The molecule has 2 amide bonds. The lowest BCUT2D eigenvalue weighted by Gasteiger charge is -2.33. The summed E-state index contributed by atoms with van der Waals surface area (Å²) in [7, 11) is -4.10. The van der Waals surface area contributed by atoms with Crippen LogP contribution >= 0.6 is 0 Å². The van der Waals surface area contributed by atoms with Gasteiger partial charge in [0.05, 0.1) is 10.6 Å². The van der Waals surface area contributed by atoms with E-state index in [1.807, 2.05) is 71.0 Å². The number of sulfonamides is 1. The maximum atomic E-state index is 14.1. The monoisotopic (exact) mass is 563 g/mol. The summed E-state index contributed by atoms with van der Waals surface area (Å²) < 4.78 is 29.3. The number of unbranched alkanes of at least 4 members (excludes halogenated alkanes) is 1. The van der Waals surface area contributed by atoms with E-state index in [1.54, 1.807) is 36.4 Å². The van der Waals surface area contributed by atoms with Gasteiger partial charge in [0.1, 0.15) is 12.6 Å². The van der Waals surface area contributed by atoms with E-state index in [2.05, 4.69) is 5.32 Å². The molecule has 0 unspecified atom stereocenters. The Bertz CT molecular complexity index is 1390. The standard InChI is InChI=1S/C32H41N3O4S/c1-6-8-21-33-32(37)29(7-2)34(22-27-14-10-9-11-15-27)31(36)23-35(30-16-12-13-25(4)26(30)5)40(38,39)28-19-17-24(3)18-20-28/h9-20,29H,6-8,21-23H2,1-5H3,(H,33,37)/t29-/m0/s1. The number of hydrogen-bond donors (Lipinski definition) is 1. The molecule has 8 heteroatoms. The fraction of sp³-hybridized carbons (Fsp3) is 0.375. The molecule has 1 atom stereocenters. The van der Waals surface area contributed by atoms with Gasteiger partial charge in [-0.05, 0) is 68.5 Å². The van der Waals surface area contributed by atoms with Gasteiger partial charge in [-0.15, -0.1) is 0 Å². The van der Waals surface area contributed by atoms with Gasteiger partial charge in [0, 0.05) is 13.1 Å². The van der Waals surface area contributed by atoms with Crippen LogP contribution in [0.25, 0.3) is 0 Å². The van der Waals surface area contributed by atoms with Gasteiger partial charge >= 0.3 is 0 Å². The van der Waals surface area contributed by atoms with Crippen LogP contribution in [0.3, 0.4) is 0 Å². The average Bonchev–Trinajstić information content (AvgIpc) is 2.94. The number of nitrogens with zero attached hydrogens (tertiary/aromatic N) is 2. The van der Waals surface area contributed by atoms with Crippen molar-refractivity contribution in [3.05, 3.63) is 95.1 Å². The van der Waals surface area contributed by atoms with Gasteiger partial charge in [0.15, 0.2) is 0 Å². The highest BCUT2D eigenvalue weighted by Crippen LogP contribution is 2.29. The highest BCUT2D eigenvalue weighted by molar-refractivity contribution is 7.92. The minimum absolute atomic E-state index is 0.103. The van der Waals surface area contributed by atoms with Crippen LogP contribution in [0.2, 0.25) is 0 Å². The lowest BCUT2D eigenvalue weighted by atomic mass is 10.1. The predicted molar refractivity (Wildman–Crippen MR) is 161 cm³/mol. The molecule has 0 bridgehead atoms. The molecule has 3 aromatic rings. The molecule has 7 nitrogen and oxygen atoms in total. The molecule has 0 aliphatic carbocycles. The van der Waals surface area contributed by atoms with Gasteiger partial charge in [-0.25, -0.2) is 8.42 Å². The summed E-state index contributed by atoms with van der Waals surface area (Å²) >= 11 is 0. The van der Waals surface area contributed by atoms with E-state index in [-0.39, 0.29) is 17.3 Å². The third-order valence-electron chi connectivity index (χ3n) is 7.14. The van der Waals surface area contributed by atoms with Crippen LogP contribution in [-0.2, 0) is 26.2 Å². The minimum atomic E-state index is -4.10. The first-order valence-electron chi connectivity index (χ1n) is 13.9. The fourth-order valence-corrected chi connectivity index (χ4v) is 6.03. The third kappa shape index (κ3) is 7.50. The van der Waals surface area contributed by atoms with Crippen LogP contribution in [-0.4, -0.2) is 44.3 Å². The summed E-state index contributed by atoms with van der Waals surface area (Å²) in [6, 6.07) is 20.7. The van der Waals surface area contributed by atoms with Crippen LogP contribution in [0.5, 0.6) is 0 Å². The van der Waals surface area contributed by atoms with Crippen LogP contribution in [0, 0.1) is 20.8 Å². The molecule has 0 saturated carbocycles. The van der Waals surface area contributed by atoms with Crippen molar-refractivity contribution in [3.8, 4) is 0 Å². The second-order valence-electron chi connectivity index (χ2n) is 10.1. The topological polar surface area (TPSA) is 86.8 Å². The Hall–Kier alpha value is -3.65. The Balaban J connectivity index is 2.06. The third-order valence-corrected chi connectivity index (χ3v) is 8.92. The van der Waals surface area contributed by atoms with Crippen LogP contribution in [0.15, 0.2) is 77.7 Å². The van der Waals surface area contributed by atoms with E-state index >= 15 is 0 Å². The van der Waals surface area contributed by atoms with Gasteiger partial charge < -0.3 is 10.2 Å². The summed E-state index contributed by atoms with van der Waals surface area (Å²) in [4.78, 5) is 29.0. The molecular formula is C32H41N3O4S. The number of carbonyl (C=O) groups excluding carboxylic acids is 2. The minimum Gasteiger partial charge on any atom is -0.354 e. The fourth-order valence-electron chi connectivity index (χ4n) is 4.56. The van der Waals surface area contributed by atoms with Gasteiger partial charge in [-0.1, -0.05) is 80.4 Å². The van der Waals surface area contributed by atoms with Crippen molar-refractivity contribution in [2.24, 2.45) is 0 Å². The second-order valence-corrected chi connectivity index (χ2v) is 12.0. The Kier molecular flexibility index (Phi) is 10.9. The molecule has 0 spiro atoms. The van der Waals surface area contributed by atoms with Crippen molar-refractivity contribution in [1.82, 2.24) is 10.2 Å². The smallest absolute Gasteiger partial charge is 0.264 e. The second kappa shape index (κ2) is 14.1. The summed E-state index contributed by atoms with van der Waals surface area (Å²) in [6.07, 6.45) is 2.17. The number of aryl methyl sites for hydroxylation is 2. The lowest BCUT2D eigenvalue weighted by molar-refractivity contribution is -0.140. The number of anilines is 1. The summed E-state index contributed by atoms with van der Waals surface area (Å²) in [5, 5.41) is 2.95. The first kappa shape index (κ1) is 30.9. The SMILES string of the molecule is CCCCNC(=O)[C@H](CC)N(Cc1ccccc1)C(=O)CN(c1cccc(C)c1C)S(=O)(=O)c1ccc(C)cc1. The van der Waals surface area contributed by atoms with Crippen LogP contribution in [0.1, 0.15) is 55.4 Å². The summed E-state index contributed by atoms with van der Waals surface area (Å²) in [5.41, 5.74) is 3.91. The summed E-state index contributed by atoms with van der Waals surface area (Å²) in [5.74, 6) is -0.683. The van der Waals surface area contributed by atoms with Gasteiger partial charge in [0.2, 0.25) is 11.8 Å². The normalized spacial score (nSPS) is 12.0. The molecule has 3 aromatic carbocycles. The highest BCUT2D eigenvalue weighted by Gasteiger charge is 2.34. The van der Waals surface area contributed by atoms with Gasteiger partial charge in [0.25, 0.3) is 10.0 Å². The summed E-state index contributed by atoms with van der Waals surface area (Å²) in [6.45, 7) is 9.83. The van der Waals surface area contributed by atoms with Crippen molar-refractivity contribution in [1.29, 1.82) is 0 Å². The molecule has 0 saturated heterocycles. The lowest BCUT2D eigenvalue weighted by Crippen LogP contribution is -2.52. The molecule has 214 valence electrons. The quantitative estimate of drug-likeness (QED) is 0.277. The highest BCUT2D eigenvalue weighted by atomic mass is 32.2. The Morgan fingerprint density at radius 3 is 2.17 bits per heavy atom. The molecular weight excluding hydrogens is 522 g/mol. The van der Waals surface area contributed by atoms with Gasteiger partial charge in [-0.3, -0.25) is 13.9 Å². The van der Waals surface area contributed by atoms with Crippen molar-refractivity contribution < 1.29 is 18.0 Å². The molecule has 0 aromatic heterocycles. The van der Waals surface area contributed by atoms with E-state index < -0.39 is 28.5 Å². The molecule has 0 fully saturated rings. The number of carbonyl (C=O) groups is 2. The maximum absolute atomic E-state index is 14.1. The van der Waals surface area contributed by atoms with Crippen LogP contribution in [0.4, 0.5) is 5.69 Å². The van der Waals surface area contributed by atoms with E-state index in [1.165, 1.54) is 9.21 Å². The first-order chi connectivity index (χ1) is 19.1. The molecule has 3 rings (SSSR count). The maximum Gasteiger partial charge on any atom is 0.264 e. The first-order valence-corrected chi connectivity index (χ1v) is 15.3. The molecule has 1 N–H and O–H groups in total. The molecule has 0 aliphatic heterocycles. The molecule has 0 heterocycles. The Morgan fingerprint density at radius 1 is 0.875 bits per heavy atom. The van der Waals surface area contributed by atoms with Crippen molar-refractivity contribution in [2.75, 3.05) is 17.4 Å². The van der Waals surface area contributed by atoms with E-state index in [9.17, 15) is 18.0 Å². The van der Waals surface area contributed by atoms with Crippen molar-refractivity contribution in [2.45, 2.75) is 71.4 Å². The Morgan fingerprint density at radius 2 is 1.55 bits per heavy atom. The largest absolute Gasteiger partial charge is 0.354 e. The molecule has 40 heavy (non-hydrogen) atoms. The number of nitrogens with one attached hydrogen (secondary N) is 1. The average molecular weight is 564 g/mol. The van der Waals surface area contributed by atoms with E-state index in [0.717, 1.165) is 35.1 Å². The zero-order chi connectivity index (χ0) is 29.3. The zero-order valence-electron chi connectivity index (χ0n) is 24.2. The van der Waals surface area contributed by atoms with Crippen molar-refractivity contribution in [3.63, 3.8) is 0 Å². The predicted octanol–water partition coefficient (Wildman–Crippen LogP) is 5.53. The van der Waals surface area contributed by atoms with E-state index in [4.69, 9.17) is 0 Å². The van der Waals surface area contributed by atoms with E-state index in [0.29, 0.717) is 18.7 Å².